The molecule has 4 aromatic rings. The third-order valence-electron chi connectivity index (χ3n) is 5.00. The molecule has 0 aliphatic rings. The van der Waals surface area contributed by atoms with Crippen LogP contribution in [0.25, 0.3) is 10.2 Å². The Morgan fingerprint density at radius 2 is 1.83 bits per heavy atom. The van der Waals surface area contributed by atoms with Gasteiger partial charge in [-0.25, -0.2) is 9.78 Å². The summed E-state index contributed by atoms with van der Waals surface area (Å²) in [6, 6.07) is 17.9. The third kappa shape index (κ3) is 4.19. The lowest BCUT2D eigenvalue weighted by atomic mass is 10.1. The largest absolute Gasteiger partial charge is 0.461 e. The number of hydrogen-bond acceptors (Lipinski definition) is 5. The molecule has 6 heteroatoms. The molecule has 2 aromatic carbocycles. The second-order valence-corrected chi connectivity index (χ2v) is 8.27. The highest BCUT2D eigenvalue weighted by Crippen LogP contribution is 2.27. The first-order valence-electron chi connectivity index (χ1n) is 9.78. The lowest BCUT2D eigenvalue weighted by molar-refractivity contribution is 0.0514. The summed E-state index contributed by atoms with van der Waals surface area (Å²) in [4.78, 5) is 31.1. The summed E-state index contributed by atoms with van der Waals surface area (Å²) in [5.41, 5.74) is 3.78. The van der Waals surface area contributed by atoms with Gasteiger partial charge in [0, 0.05) is 6.42 Å². The van der Waals surface area contributed by atoms with Crippen LogP contribution >= 0.6 is 11.3 Å². The van der Waals surface area contributed by atoms with Gasteiger partial charge in [-0.15, -0.1) is 11.3 Å². The molecular formula is C24H22N2O3S. The van der Waals surface area contributed by atoms with Gasteiger partial charge >= 0.3 is 5.97 Å². The Morgan fingerprint density at radius 1 is 1.07 bits per heavy atom. The first-order chi connectivity index (χ1) is 14.5. The minimum absolute atomic E-state index is 0.140. The maximum absolute atomic E-state index is 13.1. The van der Waals surface area contributed by atoms with Gasteiger partial charge in [-0.05, 0) is 30.5 Å². The van der Waals surface area contributed by atoms with Gasteiger partial charge < -0.3 is 4.74 Å². The summed E-state index contributed by atoms with van der Waals surface area (Å²) in [5.74, 6) is -0.406. The van der Waals surface area contributed by atoms with Gasteiger partial charge in [0.05, 0.1) is 24.9 Å². The number of carbonyl (C=O) groups excluding carboxylic acids is 1. The van der Waals surface area contributed by atoms with E-state index in [0.29, 0.717) is 40.2 Å². The summed E-state index contributed by atoms with van der Waals surface area (Å²) in [6.07, 6.45) is 2.20. The van der Waals surface area contributed by atoms with E-state index in [1.54, 1.807) is 17.8 Å². The predicted octanol–water partition coefficient (Wildman–Crippen LogP) is 4.52. The molecule has 5 nitrogen and oxygen atoms in total. The van der Waals surface area contributed by atoms with Crippen molar-refractivity contribution < 1.29 is 9.53 Å². The molecule has 0 atom stereocenters. The minimum atomic E-state index is -0.406. The number of benzene rings is 2. The van der Waals surface area contributed by atoms with E-state index in [1.165, 1.54) is 11.3 Å². The standard InChI is InChI=1S/C24H22N2O3S/c1-16-7-6-10-19(13-16)14-26-15-25-22-20(23(26)27)17(2)21(30-22)24(28)29-12-11-18-8-4-3-5-9-18/h3-10,13,15H,11-12,14H2,1-2H3. The van der Waals surface area contributed by atoms with Crippen molar-refractivity contribution in [2.75, 3.05) is 6.61 Å². The maximum Gasteiger partial charge on any atom is 0.348 e. The molecule has 0 saturated carbocycles. The van der Waals surface area contributed by atoms with Gasteiger partial charge in [-0.3, -0.25) is 9.36 Å². The van der Waals surface area contributed by atoms with E-state index < -0.39 is 5.97 Å². The first-order valence-corrected chi connectivity index (χ1v) is 10.6. The summed E-state index contributed by atoms with van der Waals surface area (Å²) in [7, 11) is 0. The lowest BCUT2D eigenvalue weighted by Crippen LogP contribution is -2.21. The molecule has 0 saturated heterocycles. The second-order valence-electron chi connectivity index (χ2n) is 7.27. The van der Waals surface area contributed by atoms with Crippen LogP contribution in [0.5, 0.6) is 0 Å². The number of nitrogens with zero attached hydrogens (tertiary/aromatic N) is 2. The van der Waals surface area contributed by atoms with Crippen LogP contribution in [0.15, 0.2) is 65.7 Å². The molecule has 4 rings (SSSR count). The number of esters is 1. The topological polar surface area (TPSA) is 61.2 Å². The Hall–Kier alpha value is -3.25. The van der Waals surface area contributed by atoms with E-state index in [2.05, 4.69) is 4.98 Å². The number of aryl methyl sites for hydroxylation is 2. The van der Waals surface area contributed by atoms with Crippen LogP contribution in [-0.2, 0) is 17.7 Å². The third-order valence-corrected chi connectivity index (χ3v) is 6.18. The van der Waals surface area contributed by atoms with E-state index in [4.69, 9.17) is 4.74 Å². The summed E-state index contributed by atoms with van der Waals surface area (Å²) in [5, 5.41) is 0.491. The van der Waals surface area contributed by atoms with Crippen molar-refractivity contribution >= 4 is 27.5 Å². The van der Waals surface area contributed by atoms with Crippen LogP contribution in [0.2, 0.25) is 0 Å². The van der Waals surface area contributed by atoms with Crippen LogP contribution in [0.3, 0.4) is 0 Å². The molecule has 0 aliphatic heterocycles. The average Bonchev–Trinajstić information content (AvgIpc) is 3.08. The number of fused-ring (bicyclic) bond motifs is 1. The van der Waals surface area contributed by atoms with Gasteiger partial charge in [0.2, 0.25) is 0 Å². The monoisotopic (exact) mass is 418 g/mol. The minimum Gasteiger partial charge on any atom is -0.461 e. The molecule has 152 valence electrons. The number of aromatic nitrogens is 2. The maximum atomic E-state index is 13.1. The molecule has 0 N–H and O–H groups in total. The van der Waals surface area contributed by atoms with E-state index in [1.807, 2.05) is 61.5 Å². The van der Waals surface area contributed by atoms with Crippen molar-refractivity contribution in [3.63, 3.8) is 0 Å². The van der Waals surface area contributed by atoms with Crippen LogP contribution < -0.4 is 5.56 Å². The number of hydrogen-bond donors (Lipinski definition) is 0. The second kappa shape index (κ2) is 8.63. The fraction of sp³-hybridized carbons (Fsp3) is 0.208. The molecule has 0 amide bonds. The van der Waals surface area contributed by atoms with E-state index in [-0.39, 0.29) is 5.56 Å². The SMILES string of the molecule is Cc1cccc(Cn2cnc3sc(C(=O)OCCc4ccccc4)c(C)c3c2=O)c1. The van der Waals surface area contributed by atoms with Gasteiger partial charge in [-0.2, -0.15) is 0 Å². The Bertz CT molecular complexity index is 1260. The number of carbonyl (C=O) groups is 1. The summed E-state index contributed by atoms with van der Waals surface area (Å²) >= 11 is 1.21. The molecule has 2 aromatic heterocycles. The van der Waals surface area contributed by atoms with Crippen molar-refractivity contribution in [1.29, 1.82) is 0 Å². The zero-order valence-electron chi connectivity index (χ0n) is 16.9. The van der Waals surface area contributed by atoms with Gasteiger partial charge in [-0.1, -0.05) is 60.2 Å². The first kappa shape index (κ1) is 20.0. The van der Waals surface area contributed by atoms with Crippen molar-refractivity contribution in [3.05, 3.63) is 98.4 Å². The average molecular weight is 419 g/mol. The molecule has 2 heterocycles. The number of rotatable bonds is 6. The Balaban J connectivity index is 1.55. The molecule has 0 spiro atoms. The van der Waals surface area contributed by atoms with Gasteiger partial charge in [0.15, 0.2) is 0 Å². The highest BCUT2D eigenvalue weighted by Gasteiger charge is 2.20. The Morgan fingerprint density at radius 3 is 2.60 bits per heavy atom. The predicted molar refractivity (Wildman–Crippen MR) is 119 cm³/mol. The van der Waals surface area contributed by atoms with Crippen molar-refractivity contribution in [2.24, 2.45) is 0 Å². The molecule has 0 bridgehead atoms. The Kier molecular flexibility index (Phi) is 5.77. The zero-order chi connectivity index (χ0) is 21.1. The number of ether oxygens (including phenoxy) is 1. The van der Waals surface area contributed by atoms with E-state index in [0.717, 1.165) is 16.7 Å². The van der Waals surface area contributed by atoms with Crippen LogP contribution in [-0.4, -0.2) is 22.1 Å². The summed E-state index contributed by atoms with van der Waals surface area (Å²) in [6.45, 7) is 4.54. The smallest absolute Gasteiger partial charge is 0.348 e. The molecule has 0 unspecified atom stereocenters. The van der Waals surface area contributed by atoms with Crippen molar-refractivity contribution in [1.82, 2.24) is 9.55 Å². The van der Waals surface area contributed by atoms with Gasteiger partial charge in [0.1, 0.15) is 9.71 Å². The molecule has 30 heavy (non-hydrogen) atoms. The zero-order valence-corrected chi connectivity index (χ0v) is 17.7. The number of thiophene rings is 1. The fourth-order valence-corrected chi connectivity index (χ4v) is 4.48. The molecule has 0 aliphatic carbocycles. The van der Waals surface area contributed by atoms with E-state index >= 15 is 0 Å². The van der Waals surface area contributed by atoms with Crippen molar-refractivity contribution in [3.8, 4) is 0 Å². The van der Waals surface area contributed by atoms with Crippen molar-refractivity contribution in [2.45, 2.75) is 26.8 Å². The highest BCUT2D eigenvalue weighted by atomic mass is 32.1. The van der Waals surface area contributed by atoms with Crippen LogP contribution in [0.4, 0.5) is 0 Å². The fourth-order valence-electron chi connectivity index (χ4n) is 3.45. The molecule has 0 fully saturated rings. The Labute approximate surface area is 178 Å². The van der Waals surface area contributed by atoms with E-state index in [9.17, 15) is 9.59 Å². The quantitative estimate of drug-likeness (QED) is 0.432. The summed E-state index contributed by atoms with van der Waals surface area (Å²) < 4.78 is 7.04. The lowest BCUT2D eigenvalue weighted by Gasteiger charge is -2.06. The normalized spacial score (nSPS) is 11.0. The van der Waals surface area contributed by atoms with Gasteiger partial charge in [0.25, 0.3) is 5.56 Å². The van der Waals surface area contributed by atoms with Crippen LogP contribution in [0, 0.1) is 13.8 Å². The highest BCUT2D eigenvalue weighted by molar-refractivity contribution is 7.20. The molecule has 0 radical (unpaired) electrons. The van der Waals surface area contributed by atoms with Crippen LogP contribution in [0.1, 0.15) is 31.9 Å². The molecular weight excluding hydrogens is 396 g/mol.